The van der Waals surface area contributed by atoms with Crippen molar-refractivity contribution in [2.45, 2.75) is 122 Å². The maximum absolute atomic E-state index is 10.1. The Balaban J connectivity index is 3.71. The van der Waals surface area contributed by atoms with E-state index < -0.39 is 20.5 Å². The van der Waals surface area contributed by atoms with Crippen LogP contribution >= 0.6 is 0 Å². The van der Waals surface area contributed by atoms with Crippen LogP contribution in [0.5, 0.6) is 0 Å². The summed E-state index contributed by atoms with van der Waals surface area (Å²) in [4.78, 5) is 0. The van der Waals surface area contributed by atoms with E-state index in [4.69, 9.17) is 4.43 Å². The zero-order valence-electron chi connectivity index (χ0n) is 17.2. The molecule has 0 rings (SSSR count). The molecule has 0 aliphatic heterocycles. The first-order valence-corrected chi connectivity index (χ1v) is 13.0. The van der Waals surface area contributed by atoms with Crippen LogP contribution in [0, 0.1) is 0 Å². The second kappa shape index (κ2) is 12.5. The molecule has 4 heteroatoms. The van der Waals surface area contributed by atoms with Gasteiger partial charge in [-0.05, 0) is 24.6 Å². The Morgan fingerprint density at radius 2 is 1.25 bits per heavy atom. The molecule has 0 aliphatic rings. The van der Waals surface area contributed by atoms with Gasteiger partial charge in [-0.2, -0.15) is 0 Å². The van der Waals surface area contributed by atoms with E-state index in [1.807, 2.05) is 0 Å². The van der Waals surface area contributed by atoms with E-state index in [2.05, 4.69) is 40.8 Å². The minimum absolute atomic E-state index is 0.134. The second-order valence-electron chi connectivity index (χ2n) is 8.82. The summed E-state index contributed by atoms with van der Waals surface area (Å²) in [7, 11) is -1.85. The van der Waals surface area contributed by atoms with E-state index in [-0.39, 0.29) is 11.6 Å². The average molecular weight is 361 g/mol. The fraction of sp³-hybridized carbons (Fsp3) is 1.00. The highest BCUT2D eigenvalue weighted by atomic mass is 28.4. The molecule has 0 aromatic rings. The van der Waals surface area contributed by atoms with Crippen LogP contribution < -0.4 is 0 Å². The molecular weight excluding hydrogens is 316 g/mol. The summed E-state index contributed by atoms with van der Waals surface area (Å²) in [5, 5.41) is 20.4. The normalized spacial score (nSPS) is 15.5. The summed E-state index contributed by atoms with van der Waals surface area (Å²) >= 11 is 0. The molecule has 0 aliphatic carbocycles. The molecule has 0 amide bonds. The van der Waals surface area contributed by atoms with Gasteiger partial charge in [-0.3, -0.25) is 0 Å². The lowest BCUT2D eigenvalue weighted by Gasteiger charge is -2.37. The number of hydrogen-bond donors (Lipinski definition) is 2. The third-order valence-electron chi connectivity index (χ3n) is 5.47. The van der Waals surface area contributed by atoms with Crippen molar-refractivity contribution in [2.24, 2.45) is 0 Å². The third kappa shape index (κ3) is 10.9. The zero-order valence-corrected chi connectivity index (χ0v) is 18.2. The second-order valence-corrected chi connectivity index (χ2v) is 13.6. The monoisotopic (exact) mass is 360 g/mol. The molecule has 2 N–H and O–H groups in total. The van der Waals surface area contributed by atoms with Crippen molar-refractivity contribution >= 4 is 8.32 Å². The Labute approximate surface area is 152 Å². The molecule has 0 radical (unpaired) electrons. The van der Waals surface area contributed by atoms with E-state index in [0.717, 1.165) is 12.8 Å². The summed E-state index contributed by atoms with van der Waals surface area (Å²) in [6, 6.07) is 0. The Hall–Kier alpha value is 0.0969. The molecule has 0 spiro atoms. The SMILES string of the molecule is CCCCCCCCCCC[C@@H](O)[C@H](O)CO[Si](C)(C)C(C)(C)C. The van der Waals surface area contributed by atoms with E-state index >= 15 is 0 Å². The minimum Gasteiger partial charge on any atom is -0.414 e. The molecule has 0 aromatic carbocycles. The first-order chi connectivity index (χ1) is 11.1. The molecule has 0 heterocycles. The fourth-order valence-corrected chi connectivity index (χ4v) is 3.50. The van der Waals surface area contributed by atoms with Crippen molar-refractivity contribution in [3.8, 4) is 0 Å². The first kappa shape index (κ1) is 24.1. The number of hydrogen-bond acceptors (Lipinski definition) is 3. The van der Waals surface area contributed by atoms with Crippen molar-refractivity contribution in [3.63, 3.8) is 0 Å². The van der Waals surface area contributed by atoms with Gasteiger partial charge in [0.25, 0.3) is 0 Å². The molecule has 0 aromatic heterocycles. The number of rotatable bonds is 14. The van der Waals surface area contributed by atoms with Crippen LogP contribution in [0.4, 0.5) is 0 Å². The molecule has 0 fully saturated rings. The molecule has 146 valence electrons. The van der Waals surface area contributed by atoms with Crippen LogP contribution in [-0.4, -0.2) is 37.3 Å². The van der Waals surface area contributed by atoms with E-state index in [9.17, 15) is 10.2 Å². The summed E-state index contributed by atoms with van der Waals surface area (Å²) in [6.07, 6.45) is 10.7. The van der Waals surface area contributed by atoms with Crippen LogP contribution in [0.2, 0.25) is 18.1 Å². The third-order valence-corrected chi connectivity index (χ3v) is 9.97. The van der Waals surface area contributed by atoms with E-state index in [1.165, 1.54) is 44.9 Å². The van der Waals surface area contributed by atoms with Gasteiger partial charge in [-0.25, -0.2) is 0 Å². The molecule has 2 atom stereocenters. The van der Waals surface area contributed by atoms with Crippen LogP contribution in [0.1, 0.15) is 91.9 Å². The maximum Gasteiger partial charge on any atom is 0.192 e. The lowest BCUT2D eigenvalue weighted by molar-refractivity contribution is -0.0155. The number of unbranched alkanes of at least 4 members (excludes halogenated alkanes) is 8. The van der Waals surface area contributed by atoms with Crippen LogP contribution in [0.15, 0.2) is 0 Å². The lowest BCUT2D eigenvalue weighted by Crippen LogP contribution is -2.44. The van der Waals surface area contributed by atoms with Gasteiger partial charge in [0.1, 0.15) is 6.10 Å². The summed E-state index contributed by atoms with van der Waals surface area (Å²) < 4.78 is 6.00. The Morgan fingerprint density at radius 3 is 1.71 bits per heavy atom. The fourth-order valence-electron chi connectivity index (χ4n) is 2.48. The van der Waals surface area contributed by atoms with Crippen molar-refractivity contribution < 1.29 is 14.6 Å². The van der Waals surface area contributed by atoms with E-state index in [1.54, 1.807) is 0 Å². The zero-order chi connectivity index (χ0) is 18.6. The molecule has 0 saturated carbocycles. The summed E-state index contributed by atoms with van der Waals surface area (Å²) in [6.45, 7) is 13.4. The largest absolute Gasteiger partial charge is 0.414 e. The number of aliphatic hydroxyl groups is 2. The van der Waals surface area contributed by atoms with Gasteiger partial charge in [0.05, 0.1) is 12.7 Å². The van der Waals surface area contributed by atoms with Crippen molar-refractivity contribution in [3.05, 3.63) is 0 Å². The minimum atomic E-state index is -1.85. The predicted molar refractivity (Wildman–Crippen MR) is 107 cm³/mol. The number of aliphatic hydroxyl groups excluding tert-OH is 2. The molecular formula is C20H44O3Si. The molecule has 3 nitrogen and oxygen atoms in total. The molecule has 0 saturated heterocycles. The van der Waals surface area contributed by atoms with Gasteiger partial charge < -0.3 is 14.6 Å². The van der Waals surface area contributed by atoms with Crippen molar-refractivity contribution in [2.75, 3.05) is 6.61 Å². The quantitative estimate of drug-likeness (QED) is 0.311. The average Bonchev–Trinajstić information content (AvgIpc) is 2.49. The van der Waals surface area contributed by atoms with E-state index in [0.29, 0.717) is 6.42 Å². The summed E-state index contributed by atoms with van der Waals surface area (Å²) in [5.74, 6) is 0. The van der Waals surface area contributed by atoms with Gasteiger partial charge in [0, 0.05) is 0 Å². The van der Waals surface area contributed by atoms with Crippen LogP contribution in [0.3, 0.4) is 0 Å². The maximum atomic E-state index is 10.1. The molecule has 0 bridgehead atoms. The molecule has 24 heavy (non-hydrogen) atoms. The highest BCUT2D eigenvalue weighted by molar-refractivity contribution is 6.74. The van der Waals surface area contributed by atoms with Gasteiger partial charge in [-0.1, -0.05) is 85.5 Å². The van der Waals surface area contributed by atoms with Crippen LogP contribution in [0.25, 0.3) is 0 Å². The highest BCUT2D eigenvalue weighted by Gasteiger charge is 2.37. The Morgan fingerprint density at radius 1 is 0.792 bits per heavy atom. The van der Waals surface area contributed by atoms with Gasteiger partial charge in [0.15, 0.2) is 8.32 Å². The summed E-state index contributed by atoms with van der Waals surface area (Å²) in [5.41, 5.74) is 0. The van der Waals surface area contributed by atoms with Gasteiger partial charge in [0.2, 0.25) is 0 Å². The van der Waals surface area contributed by atoms with Crippen molar-refractivity contribution in [1.29, 1.82) is 0 Å². The smallest absolute Gasteiger partial charge is 0.192 e. The highest BCUT2D eigenvalue weighted by Crippen LogP contribution is 2.36. The molecule has 0 unspecified atom stereocenters. The predicted octanol–water partition coefficient (Wildman–Crippen LogP) is 5.65. The first-order valence-electron chi connectivity index (χ1n) is 10.1. The Bertz CT molecular complexity index is 300. The standard InChI is InChI=1S/C20H44O3Si/c1-7-8-9-10-11-12-13-14-15-16-18(21)19(22)17-23-24(5,6)20(2,3)4/h18-19,21-22H,7-17H2,1-6H3/t18-,19-/m1/s1. The van der Waals surface area contributed by atoms with Crippen LogP contribution in [-0.2, 0) is 4.43 Å². The Kier molecular flexibility index (Phi) is 12.5. The van der Waals surface area contributed by atoms with Gasteiger partial charge in [-0.15, -0.1) is 0 Å². The van der Waals surface area contributed by atoms with Gasteiger partial charge >= 0.3 is 0 Å². The lowest BCUT2D eigenvalue weighted by atomic mass is 10.0. The topological polar surface area (TPSA) is 49.7 Å². The van der Waals surface area contributed by atoms with Crippen molar-refractivity contribution in [1.82, 2.24) is 0 Å².